The van der Waals surface area contributed by atoms with Crippen molar-refractivity contribution >= 4 is 23.5 Å². The first-order valence-corrected chi connectivity index (χ1v) is 12.6. The lowest BCUT2D eigenvalue weighted by atomic mass is 9.93. The summed E-state index contributed by atoms with van der Waals surface area (Å²) in [6, 6.07) is 6.55. The molecule has 7 nitrogen and oxygen atoms in total. The monoisotopic (exact) mass is 467 g/mol. The second-order valence-corrected chi connectivity index (χ2v) is 10.1. The van der Waals surface area contributed by atoms with Gasteiger partial charge in [0.25, 0.3) is 0 Å². The standard InChI is InChI=1S/C24H26FN5O2S/c25-15-3-1-14(2-4-15)23-27-19-13-30(11-9-20(19)32-23)24-28-18-10-12-33-21(18)22(29-24)26-16-5-7-17(31)8-6-16/h1-4,16-17,31H,5-13H2,(H,26,28,29). The van der Waals surface area contributed by atoms with E-state index in [1.165, 1.54) is 17.0 Å². The van der Waals surface area contributed by atoms with Crippen LogP contribution in [0.25, 0.3) is 11.5 Å². The summed E-state index contributed by atoms with van der Waals surface area (Å²) < 4.78 is 19.3. The van der Waals surface area contributed by atoms with Gasteiger partial charge in [-0.1, -0.05) is 0 Å². The van der Waals surface area contributed by atoms with Gasteiger partial charge >= 0.3 is 0 Å². The number of anilines is 2. The number of hydrogen-bond acceptors (Lipinski definition) is 8. The lowest BCUT2D eigenvalue weighted by Gasteiger charge is -2.29. The molecule has 2 N–H and O–H groups in total. The number of aliphatic hydroxyl groups excluding tert-OH is 1. The summed E-state index contributed by atoms with van der Waals surface area (Å²) in [5, 5.41) is 13.5. The van der Waals surface area contributed by atoms with E-state index in [0.29, 0.717) is 18.5 Å². The molecule has 1 aliphatic carbocycles. The van der Waals surface area contributed by atoms with Gasteiger partial charge in [-0.05, 0) is 49.9 Å². The Bertz CT molecular complexity index is 1160. The summed E-state index contributed by atoms with van der Waals surface area (Å²) in [4.78, 5) is 17.9. The number of aryl methyl sites for hydroxylation is 1. The third-order valence-corrected chi connectivity index (χ3v) is 7.77. The summed E-state index contributed by atoms with van der Waals surface area (Å²) in [6.45, 7) is 1.34. The number of hydrogen-bond donors (Lipinski definition) is 2. The van der Waals surface area contributed by atoms with Crippen LogP contribution < -0.4 is 10.2 Å². The first-order chi connectivity index (χ1) is 16.1. The maximum atomic E-state index is 13.3. The molecule has 3 aromatic rings. The van der Waals surface area contributed by atoms with Crippen molar-refractivity contribution in [2.75, 3.05) is 22.5 Å². The highest BCUT2D eigenvalue weighted by molar-refractivity contribution is 7.99. The maximum Gasteiger partial charge on any atom is 0.227 e. The molecule has 33 heavy (non-hydrogen) atoms. The van der Waals surface area contributed by atoms with Crippen molar-refractivity contribution < 1.29 is 13.9 Å². The van der Waals surface area contributed by atoms with E-state index < -0.39 is 0 Å². The zero-order valence-electron chi connectivity index (χ0n) is 18.3. The molecule has 2 aromatic heterocycles. The molecule has 6 rings (SSSR count). The molecule has 0 bridgehead atoms. The van der Waals surface area contributed by atoms with Crippen molar-refractivity contribution in [3.63, 3.8) is 0 Å². The average molecular weight is 468 g/mol. The predicted octanol–water partition coefficient (Wildman–Crippen LogP) is 4.20. The van der Waals surface area contributed by atoms with E-state index in [4.69, 9.17) is 19.4 Å². The van der Waals surface area contributed by atoms with E-state index in [0.717, 1.165) is 85.3 Å². The van der Waals surface area contributed by atoms with Gasteiger partial charge in [0.1, 0.15) is 23.1 Å². The van der Waals surface area contributed by atoms with E-state index in [2.05, 4.69) is 10.2 Å². The Kier molecular flexibility index (Phi) is 5.46. The summed E-state index contributed by atoms with van der Waals surface area (Å²) >= 11 is 1.82. The highest BCUT2D eigenvalue weighted by Gasteiger charge is 2.29. The average Bonchev–Trinajstić information content (AvgIpc) is 3.47. The molecule has 4 heterocycles. The molecule has 1 aromatic carbocycles. The number of nitrogens with zero attached hydrogens (tertiary/aromatic N) is 4. The number of fused-ring (bicyclic) bond motifs is 2. The third-order valence-electron chi connectivity index (χ3n) is 6.65. The van der Waals surface area contributed by atoms with E-state index in [1.807, 2.05) is 11.8 Å². The molecule has 0 spiro atoms. The van der Waals surface area contributed by atoms with E-state index in [-0.39, 0.29) is 11.9 Å². The molecule has 3 aliphatic rings. The quantitative estimate of drug-likeness (QED) is 0.591. The van der Waals surface area contributed by atoms with E-state index in [1.54, 1.807) is 12.1 Å². The van der Waals surface area contributed by atoms with Gasteiger partial charge in [0.15, 0.2) is 0 Å². The van der Waals surface area contributed by atoms with Crippen LogP contribution in [0.2, 0.25) is 0 Å². The Morgan fingerprint density at radius 3 is 2.67 bits per heavy atom. The maximum absolute atomic E-state index is 13.3. The van der Waals surface area contributed by atoms with Gasteiger partial charge in [0.05, 0.1) is 23.2 Å². The van der Waals surface area contributed by atoms with Crippen molar-refractivity contribution in [2.45, 2.75) is 62.1 Å². The number of aromatic nitrogens is 3. The summed E-state index contributed by atoms with van der Waals surface area (Å²) in [5.74, 6) is 3.81. The number of thioether (sulfide) groups is 1. The molecule has 0 amide bonds. The fourth-order valence-electron chi connectivity index (χ4n) is 4.79. The van der Waals surface area contributed by atoms with Crippen LogP contribution in [0.5, 0.6) is 0 Å². The Hall–Kier alpha value is -2.65. The van der Waals surface area contributed by atoms with Gasteiger partial charge in [-0.3, -0.25) is 0 Å². The highest BCUT2D eigenvalue weighted by Crippen LogP contribution is 2.38. The number of halogens is 1. The van der Waals surface area contributed by atoms with Gasteiger partial charge in [-0.2, -0.15) is 4.98 Å². The van der Waals surface area contributed by atoms with E-state index >= 15 is 0 Å². The van der Waals surface area contributed by atoms with Crippen molar-refractivity contribution in [2.24, 2.45) is 0 Å². The lowest BCUT2D eigenvalue weighted by Crippen LogP contribution is -2.33. The minimum absolute atomic E-state index is 0.172. The van der Waals surface area contributed by atoms with Crippen molar-refractivity contribution in [1.82, 2.24) is 15.0 Å². The molecule has 0 radical (unpaired) electrons. The molecule has 9 heteroatoms. The fraction of sp³-hybridized carbons (Fsp3) is 0.458. The Labute approximate surface area is 195 Å². The van der Waals surface area contributed by atoms with Crippen LogP contribution in [-0.2, 0) is 19.4 Å². The number of benzene rings is 1. The Morgan fingerprint density at radius 2 is 1.85 bits per heavy atom. The highest BCUT2D eigenvalue weighted by atomic mass is 32.2. The zero-order chi connectivity index (χ0) is 22.4. The molecule has 0 saturated heterocycles. The zero-order valence-corrected chi connectivity index (χ0v) is 19.1. The van der Waals surface area contributed by atoms with Crippen LogP contribution in [0.1, 0.15) is 42.8 Å². The summed E-state index contributed by atoms with van der Waals surface area (Å²) in [7, 11) is 0. The third kappa shape index (κ3) is 4.19. The first kappa shape index (κ1) is 20.9. The van der Waals surface area contributed by atoms with Gasteiger partial charge in [-0.25, -0.2) is 14.4 Å². The van der Waals surface area contributed by atoms with Gasteiger partial charge in [0, 0.05) is 36.7 Å². The number of aliphatic hydroxyl groups is 1. The minimum Gasteiger partial charge on any atom is -0.441 e. The van der Waals surface area contributed by atoms with Crippen molar-refractivity contribution in [3.05, 3.63) is 47.2 Å². The Morgan fingerprint density at radius 1 is 1.03 bits per heavy atom. The van der Waals surface area contributed by atoms with E-state index in [9.17, 15) is 9.50 Å². The normalized spacial score (nSPS) is 22.2. The summed E-state index contributed by atoms with van der Waals surface area (Å²) in [6.07, 6.45) is 5.09. The number of nitrogens with one attached hydrogen (secondary N) is 1. The fourth-order valence-corrected chi connectivity index (χ4v) is 5.85. The lowest BCUT2D eigenvalue weighted by molar-refractivity contribution is 0.126. The molecule has 0 atom stereocenters. The largest absolute Gasteiger partial charge is 0.441 e. The predicted molar refractivity (Wildman–Crippen MR) is 125 cm³/mol. The topological polar surface area (TPSA) is 87.3 Å². The van der Waals surface area contributed by atoms with Gasteiger partial charge in [-0.15, -0.1) is 11.8 Å². The second-order valence-electron chi connectivity index (χ2n) is 8.96. The van der Waals surface area contributed by atoms with Crippen LogP contribution >= 0.6 is 11.8 Å². The van der Waals surface area contributed by atoms with Crippen LogP contribution in [0.15, 0.2) is 33.6 Å². The van der Waals surface area contributed by atoms with Gasteiger partial charge < -0.3 is 19.7 Å². The molecule has 1 saturated carbocycles. The van der Waals surface area contributed by atoms with Crippen LogP contribution in [-0.4, -0.2) is 44.5 Å². The molecule has 2 aliphatic heterocycles. The molecule has 1 fully saturated rings. The molecule has 172 valence electrons. The van der Waals surface area contributed by atoms with Crippen LogP contribution in [0.3, 0.4) is 0 Å². The second kappa shape index (κ2) is 8.61. The molecular formula is C24H26FN5O2S. The summed E-state index contributed by atoms with van der Waals surface area (Å²) in [5.41, 5.74) is 2.77. The smallest absolute Gasteiger partial charge is 0.227 e. The molecule has 0 unspecified atom stereocenters. The first-order valence-electron chi connectivity index (χ1n) is 11.6. The number of oxazole rings is 1. The van der Waals surface area contributed by atoms with Crippen molar-refractivity contribution in [3.8, 4) is 11.5 Å². The van der Waals surface area contributed by atoms with Crippen LogP contribution in [0, 0.1) is 5.82 Å². The van der Waals surface area contributed by atoms with Crippen LogP contribution in [0.4, 0.5) is 16.2 Å². The SMILES string of the molecule is OC1CCC(Nc2nc(N3CCc4oc(-c5ccc(F)cc5)nc4C3)nc3c2SCC3)CC1. The Balaban J connectivity index is 1.24. The number of rotatable bonds is 4. The van der Waals surface area contributed by atoms with Crippen molar-refractivity contribution in [1.29, 1.82) is 0 Å². The molecular weight excluding hydrogens is 441 g/mol. The minimum atomic E-state index is -0.276. The van der Waals surface area contributed by atoms with Gasteiger partial charge in [0.2, 0.25) is 11.8 Å².